The van der Waals surface area contributed by atoms with Crippen molar-refractivity contribution in [3.8, 4) is 11.5 Å². The summed E-state index contributed by atoms with van der Waals surface area (Å²) in [5.74, 6) is 1.97. The number of carbonyl (C=O) groups is 1. The van der Waals surface area contributed by atoms with Gasteiger partial charge in [0.1, 0.15) is 11.5 Å². The predicted molar refractivity (Wildman–Crippen MR) is 101 cm³/mol. The molecule has 134 valence electrons. The highest BCUT2D eigenvalue weighted by atomic mass is 16.5. The summed E-state index contributed by atoms with van der Waals surface area (Å²) in [6.45, 7) is 0.625. The van der Waals surface area contributed by atoms with Crippen LogP contribution in [0.25, 0.3) is 5.57 Å². The Labute approximate surface area is 154 Å². The molecule has 0 saturated heterocycles. The van der Waals surface area contributed by atoms with E-state index in [2.05, 4.69) is 12.1 Å². The third-order valence-corrected chi connectivity index (χ3v) is 5.33. The van der Waals surface area contributed by atoms with Gasteiger partial charge in [0.05, 0.1) is 20.8 Å². The summed E-state index contributed by atoms with van der Waals surface area (Å²) in [5, 5.41) is 0. The SMILES string of the molecule is COc1ccc(OC)c2c1CCC1=C2CCC(=O)N1Cc1ccccc1. The minimum atomic E-state index is 0.206. The number of amides is 1. The molecule has 26 heavy (non-hydrogen) atoms. The summed E-state index contributed by atoms with van der Waals surface area (Å²) in [5.41, 5.74) is 5.85. The van der Waals surface area contributed by atoms with Crippen LogP contribution in [0.15, 0.2) is 48.2 Å². The summed E-state index contributed by atoms with van der Waals surface area (Å²) >= 11 is 0. The summed E-state index contributed by atoms with van der Waals surface area (Å²) in [4.78, 5) is 14.6. The second-order valence-electron chi connectivity index (χ2n) is 6.71. The molecule has 1 amide bonds. The Morgan fingerprint density at radius 3 is 2.35 bits per heavy atom. The molecule has 4 rings (SSSR count). The zero-order chi connectivity index (χ0) is 18.1. The van der Waals surface area contributed by atoms with Crippen molar-refractivity contribution in [3.05, 3.63) is 64.9 Å². The standard InChI is InChI=1S/C22H23NO3/c1-25-19-11-12-20(26-2)22-16-9-13-21(24)23(18(16)10-8-17(19)22)14-15-6-4-3-5-7-15/h3-7,11-12H,8-10,13-14H2,1-2H3. The summed E-state index contributed by atoms with van der Waals surface area (Å²) in [6, 6.07) is 14.1. The number of benzene rings is 2. The summed E-state index contributed by atoms with van der Waals surface area (Å²) in [7, 11) is 3.41. The normalized spacial score (nSPS) is 16.2. The van der Waals surface area contributed by atoms with Crippen LogP contribution < -0.4 is 9.47 Å². The lowest BCUT2D eigenvalue weighted by Gasteiger charge is -2.36. The van der Waals surface area contributed by atoms with E-state index in [0.717, 1.165) is 47.6 Å². The van der Waals surface area contributed by atoms with Crippen molar-refractivity contribution in [2.45, 2.75) is 32.2 Å². The van der Waals surface area contributed by atoms with E-state index in [1.165, 1.54) is 11.1 Å². The number of ether oxygens (including phenoxy) is 2. The van der Waals surface area contributed by atoms with E-state index in [-0.39, 0.29) is 5.91 Å². The molecular weight excluding hydrogens is 326 g/mol. The van der Waals surface area contributed by atoms with Crippen LogP contribution in [0.2, 0.25) is 0 Å². The Kier molecular flexibility index (Phi) is 4.41. The Hall–Kier alpha value is -2.75. The number of carbonyl (C=O) groups excluding carboxylic acids is 1. The van der Waals surface area contributed by atoms with Gasteiger partial charge in [-0.2, -0.15) is 0 Å². The fourth-order valence-electron chi connectivity index (χ4n) is 4.12. The molecule has 0 radical (unpaired) electrons. The number of hydrogen-bond acceptors (Lipinski definition) is 3. The van der Waals surface area contributed by atoms with Crippen molar-refractivity contribution in [1.29, 1.82) is 0 Å². The van der Waals surface area contributed by atoms with Crippen LogP contribution >= 0.6 is 0 Å². The third-order valence-electron chi connectivity index (χ3n) is 5.33. The van der Waals surface area contributed by atoms with E-state index in [9.17, 15) is 4.79 Å². The highest BCUT2D eigenvalue weighted by Crippen LogP contribution is 2.46. The minimum absolute atomic E-state index is 0.206. The van der Waals surface area contributed by atoms with Gasteiger partial charge < -0.3 is 14.4 Å². The van der Waals surface area contributed by atoms with Crippen molar-refractivity contribution in [1.82, 2.24) is 4.90 Å². The van der Waals surface area contributed by atoms with Crippen LogP contribution in [0, 0.1) is 0 Å². The van der Waals surface area contributed by atoms with Crippen LogP contribution in [0.4, 0.5) is 0 Å². The molecule has 1 aliphatic carbocycles. The fraction of sp³-hybridized carbons (Fsp3) is 0.318. The molecule has 0 unspecified atom stereocenters. The van der Waals surface area contributed by atoms with Crippen LogP contribution in [0.5, 0.6) is 11.5 Å². The first kappa shape index (κ1) is 16.7. The molecular formula is C22H23NO3. The molecule has 0 atom stereocenters. The molecule has 0 bridgehead atoms. The molecule has 4 heteroatoms. The first-order valence-electron chi connectivity index (χ1n) is 9.03. The Bertz CT molecular complexity index is 870. The number of nitrogens with zero attached hydrogens (tertiary/aromatic N) is 1. The second-order valence-corrected chi connectivity index (χ2v) is 6.71. The van der Waals surface area contributed by atoms with Crippen LogP contribution in [0.3, 0.4) is 0 Å². The number of hydrogen-bond donors (Lipinski definition) is 0. The van der Waals surface area contributed by atoms with Gasteiger partial charge in [0, 0.05) is 23.2 Å². The van der Waals surface area contributed by atoms with Gasteiger partial charge in [-0.05, 0) is 42.5 Å². The topological polar surface area (TPSA) is 38.8 Å². The second kappa shape index (κ2) is 6.87. The molecule has 0 fully saturated rings. The molecule has 0 saturated carbocycles. The van der Waals surface area contributed by atoms with Gasteiger partial charge >= 0.3 is 0 Å². The first-order valence-corrected chi connectivity index (χ1v) is 9.03. The van der Waals surface area contributed by atoms with E-state index < -0.39 is 0 Å². The number of rotatable bonds is 4. The average Bonchev–Trinajstić information content (AvgIpc) is 2.69. The van der Waals surface area contributed by atoms with Gasteiger partial charge in [0.25, 0.3) is 0 Å². The predicted octanol–water partition coefficient (Wildman–Crippen LogP) is 4.18. The smallest absolute Gasteiger partial charge is 0.227 e. The lowest BCUT2D eigenvalue weighted by Crippen LogP contribution is -2.35. The quantitative estimate of drug-likeness (QED) is 0.831. The van der Waals surface area contributed by atoms with Gasteiger partial charge in [0.15, 0.2) is 0 Å². The lowest BCUT2D eigenvalue weighted by atomic mass is 9.82. The van der Waals surface area contributed by atoms with Gasteiger partial charge in [-0.3, -0.25) is 4.79 Å². The lowest BCUT2D eigenvalue weighted by molar-refractivity contribution is -0.130. The molecule has 0 spiro atoms. The van der Waals surface area contributed by atoms with E-state index in [1.54, 1.807) is 14.2 Å². The zero-order valence-corrected chi connectivity index (χ0v) is 15.2. The van der Waals surface area contributed by atoms with Crippen LogP contribution in [0.1, 0.15) is 36.0 Å². The van der Waals surface area contributed by atoms with E-state index >= 15 is 0 Å². The van der Waals surface area contributed by atoms with Gasteiger partial charge in [-0.25, -0.2) is 0 Å². The molecule has 2 aromatic carbocycles. The fourth-order valence-corrected chi connectivity index (χ4v) is 4.12. The maximum atomic E-state index is 12.7. The number of methoxy groups -OCH3 is 2. The number of allylic oxidation sites excluding steroid dienone is 2. The van der Waals surface area contributed by atoms with Crippen molar-refractivity contribution in [2.75, 3.05) is 14.2 Å². The van der Waals surface area contributed by atoms with E-state index in [1.807, 2.05) is 35.2 Å². The minimum Gasteiger partial charge on any atom is -0.496 e. The maximum absolute atomic E-state index is 12.7. The molecule has 4 nitrogen and oxygen atoms in total. The van der Waals surface area contributed by atoms with Gasteiger partial charge in [-0.15, -0.1) is 0 Å². The molecule has 1 heterocycles. The van der Waals surface area contributed by atoms with Crippen molar-refractivity contribution >= 4 is 11.5 Å². The highest BCUT2D eigenvalue weighted by molar-refractivity contribution is 5.89. The largest absolute Gasteiger partial charge is 0.496 e. The molecule has 0 aromatic heterocycles. The maximum Gasteiger partial charge on any atom is 0.227 e. The van der Waals surface area contributed by atoms with E-state index in [4.69, 9.17) is 9.47 Å². The molecule has 2 aromatic rings. The Balaban J connectivity index is 1.81. The average molecular weight is 349 g/mol. The Morgan fingerprint density at radius 2 is 1.62 bits per heavy atom. The van der Waals surface area contributed by atoms with Crippen LogP contribution in [-0.4, -0.2) is 25.0 Å². The van der Waals surface area contributed by atoms with Gasteiger partial charge in [-0.1, -0.05) is 30.3 Å². The summed E-state index contributed by atoms with van der Waals surface area (Å²) in [6.07, 6.45) is 3.00. The number of fused-ring (bicyclic) bond motifs is 2. The van der Waals surface area contributed by atoms with Crippen molar-refractivity contribution in [3.63, 3.8) is 0 Å². The highest BCUT2D eigenvalue weighted by Gasteiger charge is 2.33. The molecule has 2 aliphatic rings. The van der Waals surface area contributed by atoms with Crippen molar-refractivity contribution < 1.29 is 14.3 Å². The summed E-state index contributed by atoms with van der Waals surface area (Å²) < 4.78 is 11.2. The monoisotopic (exact) mass is 349 g/mol. The van der Waals surface area contributed by atoms with Gasteiger partial charge in [0.2, 0.25) is 5.91 Å². The molecule has 1 aliphatic heterocycles. The Morgan fingerprint density at radius 1 is 0.885 bits per heavy atom. The molecule has 0 N–H and O–H groups in total. The zero-order valence-electron chi connectivity index (χ0n) is 15.2. The first-order chi connectivity index (χ1) is 12.7. The third kappa shape index (κ3) is 2.75. The van der Waals surface area contributed by atoms with Crippen LogP contribution in [-0.2, 0) is 17.8 Å². The van der Waals surface area contributed by atoms with Crippen molar-refractivity contribution in [2.24, 2.45) is 0 Å². The van der Waals surface area contributed by atoms with E-state index in [0.29, 0.717) is 13.0 Å².